The van der Waals surface area contributed by atoms with Gasteiger partial charge in [0.15, 0.2) is 5.96 Å². The molecule has 2 fully saturated rings. The van der Waals surface area contributed by atoms with Crippen LogP contribution in [0.5, 0.6) is 0 Å². The molecule has 2 heterocycles. The Balaban J connectivity index is 0.00000320. The van der Waals surface area contributed by atoms with Crippen LogP contribution >= 0.6 is 35.6 Å². The zero-order chi connectivity index (χ0) is 20.6. The van der Waals surface area contributed by atoms with E-state index in [-0.39, 0.29) is 24.0 Å². The molecule has 0 radical (unpaired) electrons. The van der Waals surface area contributed by atoms with Crippen molar-refractivity contribution in [3.05, 3.63) is 34.9 Å². The van der Waals surface area contributed by atoms with Crippen LogP contribution in [0.1, 0.15) is 44.2 Å². The first kappa shape index (κ1) is 25.7. The molecular formula is C23H39ClIN5. The van der Waals surface area contributed by atoms with Gasteiger partial charge < -0.3 is 15.5 Å². The fraction of sp³-hybridized carbons (Fsp3) is 0.696. The summed E-state index contributed by atoms with van der Waals surface area (Å²) in [5, 5.41) is 7.98. The van der Waals surface area contributed by atoms with Crippen molar-refractivity contribution in [1.29, 1.82) is 0 Å². The van der Waals surface area contributed by atoms with E-state index >= 15 is 0 Å². The number of hydrogen-bond acceptors (Lipinski definition) is 3. The van der Waals surface area contributed by atoms with E-state index in [0.717, 1.165) is 36.5 Å². The molecule has 0 saturated carbocycles. The first-order valence-electron chi connectivity index (χ1n) is 11.2. The van der Waals surface area contributed by atoms with Gasteiger partial charge in [-0.05, 0) is 81.9 Å². The van der Waals surface area contributed by atoms with Gasteiger partial charge in [0.1, 0.15) is 0 Å². The van der Waals surface area contributed by atoms with Crippen molar-refractivity contribution in [3.8, 4) is 0 Å². The van der Waals surface area contributed by atoms with Crippen LogP contribution in [0.3, 0.4) is 0 Å². The zero-order valence-electron chi connectivity index (χ0n) is 18.7. The van der Waals surface area contributed by atoms with E-state index in [2.05, 4.69) is 57.6 Å². The van der Waals surface area contributed by atoms with Crippen LogP contribution in [0.4, 0.5) is 0 Å². The minimum Gasteiger partial charge on any atom is -0.356 e. The quantitative estimate of drug-likeness (QED) is 0.305. The number of rotatable bonds is 7. The summed E-state index contributed by atoms with van der Waals surface area (Å²) in [6, 6.07) is 8.74. The Morgan fingerprint density at radius 3 is 2.73 bits per heavy atom. The van der Waals surface area contributed by atoms with Gasteiger partial charge in [0.25, 0.3) is 0 Å². The van der Waals surface area contributed by atoms with Crippen molar-refractivity contribution in [1.82, 2.24) is 20.4 Å². The average molecular weight is 548 g/mol. The van der Waals surface area contributed by atoms with Crippen molar-refractivity contribution < 1.29 is 0 Å². The SMILES string of the molecule is CCCN1CCC(CNC(=NC)NCC2CCCN(C)C2c2cccc(Cl)c2)C1.I. The predicted octanol–water partition coefficient (Wildman–Crippen LogP) is 4.24. The van der Waals surface area contributed by atoms with Crippen LogP contribution in [-0.4, -0.2) is 69.1 Å². The summed E-state index contributed by atoms with van der Waals surface area (Å²) >= 11 is 6.28. The van der Waals surface area contributed by atoms with Crippen LogP contribution < -0.4 is 10.6 Å². The molecule has 7 heteroatoms. The molecule has 1 aromatic rings. The summed E-state index contributed by atoms with van der Waals surface area (Å²) in [6.45, 7) is 9.00. The Hall–Kier alpha value is -0.570. The summed E-state index contributed by atoms with van der Waals surface area (Å²) in [5.41, 5.74) is 1.32. The summed E-state index contributed by atoms with van der Waals surface area (Å²) < 4.78 is 0. The molecule has 2 aliphatic heterocycles. The topological polar surface area (TPSA) is 42.9 Å². The van der Waals surface area contributed by atoms with E-state index in [0.29, 0.717) is 12.0 Å². The Morgan fingerprint density at radius 1 is 1.20 bits per heavy atom. The minimum absolute atomic E-state index is 0. The number of benzene rings is 1. The monoisotopic (exact) mass is 547 g/mol. The normalized spacial score (nSPS) is 25.7. The minimum atomic E-state index is 0. The summed E-state index contributed by atoms with van der Waals surface area (Å²) in [5.74, 6) is 2.19. The molecule has 5 nitrogen and oxygen atoms in total. The fourth-order valence-electron chi connectivity index (χ4n) is 4.98. The Kier molecular flexibility index (Phi) is 11.2. The van der Waals surface area contributed by atoms with Gasteiger partial charge in [-0.25, -0.2) is 0 Å². The molecule has 2 saturated heterocycles. The summed E-state index contributed by atoms with van der Waals surface area (Å²) in [7, 11) is 4.10. The molecular weight excluding hydrogens is 509 g/mol. The number of nitrogens with zero attached hydrogens (tertiary/aromatic N) is 3. The van der Waals surface area contributed by atoms with E-state index < -0.39 is 0 Å². The van der Waals surface area contributed by atoms with Gasteiger partial charge in [0, 0.05) is 37.7 Å². The standard InChI is InChI=1S/C23H38ClN5.HI/c1-4-11-29-13-10-18(17-29)15-26-23(25-2)27-16-20-8-6-12-28(3)22(20)19-7-5-9-21(24)14-19;/h5,7,9,14,18,20,22H,4,6,8,10-13,15-17H2,1-3H3,(H2,25,26,27);1H. The predicted molar refractivity (Wildman–Crippen MR) is 139 cm³/mol. The van der Waals surface area contributed by atoms with Crippen LogP contribution in [0.2, 0.25) is 5.02 Å². The van der Waals surface area contributed by atoms with Gasteiger partial charge in [-0.2, -0.15) is 0 Å². The Morgan fingerprint density at radius 2 is 2.00 bits per heavy atom. The second-order valence-corrected chi connectivity index (χ2v) is 9.11. The van der Waals surface area contributed by atoms with Crippen molar-refractivity contribution in [3.63, 3.8) is 0 Å². The van der Waals surface area contributed by atoms with Gasteiger partial charge in [-0.1, -0.05) is 30.7 Å². The lowest BCUT2D eigenvalue weighted by molar-refractivity contribution is 0.122. The van der Waals surface area contributed by atoms with Crippen LogP contribution in [-0.2, 0) is 0 Å². The van der Waals surface area contributed by atoms with Crippen molar-refractivity contribution >= 4 is 41.5 Å². The molecule has 170 valence electrons. The van der Waals surface area contributed by atoms with Crippen molar-refractivity contribution in [2.45, 2.75) is 38.6 Å². The zero-order valence-corrected chi connectivity index (χ0v) is 21.8. The van der Waals surface area contributed by atoms with Gasteiger partial charge in [-0.15, -0.1) is 24.0 Å². The van der Waals surface area contributed by atoms with Crippen molar-refractivity contribution in [2.24, 2.45) is 16.8 Å². The van der Waals surface area contributed by atoms with Gasteiger partial charge in [0.05, 0.1) is 0 Å². The number of guanidine groups is 1. The fourth-order valence-corrected chi connectivity index (χ4v) is 5.18. The number of aliphatic imine (C=N–C) groups is 1. The first-order valence-corrected chi connectivity index (χ1v) is 11.6. The smallest absolute Gasteiger partial charge is 0.190 e. The van der Waals surface area contributed by atoms with Gasteiger partial charge >= 0.3 is 0 Å². The lowest BCUT2D eigenvalue weighted by Gasteiger charge is -2.40. The summed E-state index contributed by atoms with van der Waals surface area (Å²) in [6.07, 6.45) is 4.99. The second kappa shape index (κ2) is 13.1. The summed E-state index contributed by atoms with van der Waals surface area (Å²) in [4.78, 5) is 9.52. The van der Waals surface area contributed by atoms with E-state index in [1.807, 2.05) is 13.1 Å². The third-order valence-corrected chi connectivity index (χ3v) is 6.66. The number of likely N-dealkylation sites (tertiary alicyclic amines) is 2. The highest BCUT2D eigenvalue weighted by Crippen LogP contribution is 2.35. The maximum atomic E-state index is 6.28. The number of nitrogens with one attached hydrogen (secondary N) is 2. The molecule has 30 heavy (non-hydrogen) atoms. The average Bonchev–Trinajstić information content (AvgIpc) is 3.16. The Bertz CT molecular complexity index is 671. The lowest BCUT2D eigenvalue weighted by Crippen LogP contribution is -2.46. The highest BCUT2D eigenvalue weighted by Gasteiger charge is 2.30. The van der Waals surface area contributed by atoms with E-state index in [1.54, 1.807) is 0 Å². The van der Waals surface area contributed by atoms with Crippen LogP contribution in [0, 0.1) is 11.8 Å². The van der Waals surface area contributed by atoms with Crippen LogP contribution in [0.25, 0.3) is 0 Å². The van der Waals surface area contributed by atoms with E-state index in [4.69, 9.17) is 11.6 Å². The van der Waals surface area contributed by atoms with E-state index in [1.165, 1.54) is 50.9 Å². The maximum Gasteiger partial charge on any atom is 0.190 e. The third-order valence-electron chi connectivity index (χ3n) is 6.42. The molecule has 3 unspecified atom stereocenters. The first-order chi connectivity index (χ1) is 14.1. The van der Waals surface area contributed by atoms with Gasteiger partial charge in [0.2, 0.25) is 0 Å². The van der Waals surface area contributed by atoms with Gasteiger partial charge in [-0.3, -0.25) is 9.89 Å². The molecule has 0 aromatic heterocycles. The molecule has 3 rings (SSSR count). The second-order valence-electron chi connectivity index (χ2n) is 8.67. The molecule has 0 amide bonds. The molecule has 1 aromatic carbocycles. The molecule has 0 spiro atoms. The highest BCUT2D eigenvalue weighted by atomic mass is 127. The number of halogens is 2. The molecule has 3 atom stereocenters. The van der Waals surface area contributed by atoms with Crippen LogP contribution in [0.15, 0.2) is 29.3 Å². The van der Waals surface area contributed by atoms with E-state index in [9.17, 15) is 0 Å². The lowest BCUT2D eigenvalue weighted by atomic mass is 9.85. The molecule has 0 bridgehead atoms. The Labute approximate surface area is 205 Å². The molecule has 2 aliphatic rings. The number of hydrogen-bond donors (Lipinski definition) is 2. The molecule has 0 aliphatic carbocycles. The maximum absolute atomic E-state index is 6.28. The number of piperidine rings is 1. The largest absolute Gasteiger partial charge is 0.356 e. The van der Waals surface area contributed by atoms with Crippen molar-refractivity contribution in [2.75, 3.05) is 53.4 Å². The molecule has 2 N–H and O–H groups in total. The third kappa shape index (κ3) is 7.24. The highest BCUT2D eigenvalue weighted by molar-refractivity contribution is 14.0.